The van der Waals surface area contributed by atoms with Gasteiger partial charge < -0.3 is 29.9 Å². The molecule has 0 amide bonds. The van der Waals surface area contributed by atoms with Crippen molar-refractivity contribution in [2.45, 2.75) is 6.54 Å². The van der Waals surface area contributed by atoms with Gasteiger partial charge in [0.2, 0.25) is 17.2 Å². The van der Waals surface area contributed by atoms with Crippen LogP contribution >= 0.6 is 22.9 Å². The zero-order chi connectivity index (χ0) is 31.4. The molecule has 11 heteroatoms. The lowest BCUT2D eigenvalue weighted by Gasteiger charge is -2.13. The van der Waals surface area contributed by atoms with E-state index in [4.69, 9.17) is 16.0 Å². The van der Waals surface area contributed by atoms with E-state index >= 15 is 0 Å². The predicted molar refractivity (Wildman–Crippen MR) is 179 cm³/mol. The molecule has 7 aromatic rings. The highest BCUT2D eigenvalue weighted by Gasteiger charge is 2.27. The Kier molecular flexibility index (Phi) is 6.80. The molecule has 0 aliphatic rings. The first-order chi connectivity index (χ1) is 21.8. The monoisotopic (exact) mass is 635 g/mol. The Morgan fingerprint density at radius 1 is 0.733 bits per heavy atom. The quantitative estimate of drug-likeness (QED) is 0.0569. The van der Waals surface area contributed by atoms with Crippen LogP contribution in [0, 0.1) is 0 Å². The highest BCUT2D eigenvalue weighted by molar-refractivity contribution is 7.26. The van der Waals surface area contributed by atoms with Crippen molar-refractivity contribution in [3.63, 3.8) is 0 Å². The van der Waals surface area contributed by atoms with Crippen molar-refractivity contribution in [1.82, 2.24) is 0 Å². The number of furan rings is 1. The number of hydrogen-bond acceptors (Lipinski definition) is 8. The standard InChI is InChI=1S/C34H22ClN3O6S/c1-36-33(20-9-5-8-19-18-7-2-3-11-24(18)45-32(19)20)38-34(26-27(39)29(41)31(43)30(42)28(26)40)37-15-16-6-4-10-23-25(16)21-14-17(35)12-13-22(21)44-23/h2-14,39-43H,1,15H2. The van der Waals surface area contributed by atoms with Gasteiger partial charge in [-0.1, -0.05) is 54.1 Å². The molecule has 5 aromatic carbocycles. The zero-order valence-corrected chi connectivity index (χ0v) is 24.8. The number of hydrogen-bond donors (Lipinski definition) is 5. The molecule has 2 aromatic heterocycles. The van der Waals surface area contributed by atoms with Crippen LogP contribution < -0.4 is 0 Å². The van der Waals surface area contributed by atoms with Crippen molar-refractivity contribution >= 4 is 83.4 Å². The lowest BCUT2D eigenvalue weighted by molar-refractivity contribution is 0.327. The topological polar surface area (TPSA) is 151 Å². The largest absolute Gasteiger partial charge is 0.504 e. The number of benzene rings is 5. The molecule has 45 heavy (non-hydrogen) atoms. The highest BCUT2D eigenvalue weighted by Crippen LogP contribution is 2.51. The molecule has 0 aliphatic carbocycles. The van der Waals surface area contributed by atoms with Gasteiger partial charge in [-0.05, 0) is 48.7 Å². The van der Waals surface area contributed by atoms with Gasteiger partial charge in [-0.25, -0.2) is 9.98 Å². The van der Waals surface area contributed by atoms with Crippen LogP contribution in [0.5, 0.6) is 28.7 Å². The summed E-state index contributed by atoms with van der Waals surface area (Å²) in [5, 5.41) is 56.7. The average Bonchev–Trinajstić information content (AvgIpc) is 3.62. The van der Waals surface area contributed by atoms with Gasteiger partial charge in [0.1, 0.15) is 16.7 Å². The van der Waals surface area contributed by atoms with Gasteiger partial charge in [0.05, 0.1) is 6.54 Å². The summed E-state index contributed by atoms with van der Waals surface area (Å²) in [4.78, 5) is 13.4. The number of thiophene rings is 1. The van der Waals surface area contributed by atoms with Crippen LogP contribution in [0.25, 0.3) is 42.1 Å². The van der Waals surface area contributed by atoms with E-state index < -0.39 is 34.3 Å². The molecule has 0 atom stereocenters. The summed E-state index contributed by atoms with van der Waals surface area (Å²) < 4.78 is 7.93. The normalized spacial score (nSPS) is 12.6. The number of halogens is 1. The molecule has 0 fully saturated rings. The second kappa shape index (κ2) is 10.8. The number of phenols is 5. The van der Waals surface area contributed by atoms with Crippen LogP contribution in [0.15, 0.2) is 98.3 Å². The Morgan fingerprint density at radius 2 is 1.44 bits per heavy atom. The van der Waals surface area contributed by atoms with Gasteiger partial charge in [-0.3, -0.25) is 4.99 Å². The Labute approximate surface area is 263 Å². The smallest absolute Gasteiger partial charge is 0.208 e. The third-order valence-electron chi connectivity index (χ3n) is 7.54. The first-order valence-electron chi connectivity index (χ1n) is 13.6. The van der Waals surface area contributed by atoms with Crippen LogP contribution in [0.1, 0.15) is 16.7 Å². The van der Waals surface area contributed by atoms with E-state index in [0.717, 1.165) is 30.9 Å². The number of rotatable bonds is 4. The van der Waals surface area contributed by atoms with Crippen LogP contribution in [-0.4, -0.2) is 43.9 Å². The molecule has 0 unspecified atom stereocenters. The van der Waals surface area contributed by atoms with Crippen LogP contribution in [0.4, 0.5) is 0 Å². The van der Waals surface area contributed by atoms with Crippen molar-refractivity contribution < 1.29 is 29.9 Å². The van der Waals surface area contributed by atoms with E-state index in [0.29, 0.717) is 27.3 Å². The minimum absolute atomic E-state index is 0.0455. The molecule has 222 valence electrons. The van der Waals surface area contributed by atoms with E-state index in [2.05, 4.69) is 21.7 Å². The molecule has 0 saturated carbocycles. The fourth-order valence-electron chi connectivity index (χ4n) is 5.44. The molecule has 0 spiro atoms. The molecule has 0 bridgehead atoms. The van der Waals surface area contributed by atoms with Gasteiger partial charge >= 0.3 is 0 Å². The summed E-state index contributed by atoms with van der Waals surface area (Å²) in [6, 6.07) is 24.3. The van der Waals surface area contributed by atoms with Crippen molar-refractivity contribution in [1.29, 1.82) is 0 Å². The van der Waals surface area contributed by atoms with Gasteiger partial charge in [-0.2, -0.15) is 0 Å². The Morgan fingerprint density at radius 3 is 2.22 bits per heavy atom. The highest BCUT2D eigenvalue weighted by atomic mass is 35.5. The first kappa shape index (κ1) is 28.2. The number of aliphatic imine (C=N–C) groups is 3. The van der Waals surface area contributed by atoms with E-state index in [-0.39, 0.29) is 18.2 Å². The maximum atomic E-state index is 10.9. The van der Waals surface area contributed by atoms with E-state index in [1.165, 1.54) is 0 Å². The maximum absolute atomic E-state index is 10.9. The molecule has 9 nitrogen and oxygen atoms in total. The van der Waals surface area contributed by atoms with Crippen molar-refractivity contribution in [3.05, 3.63) is 101 Å². The van der Waals surface area contributed by atoms with Crippen molar-refractivity contribution in [3.8, 4) is 28.7 Å². The Bertz CT molecular complexity index is 2380. The number of fused-ring (bicyclic) bond motifs is 6. The summed E-state index contributed by atoms with van der Waals surface area (Å²) >= 11 is 7.83. The molecule has 5 N–H and O–H groups in total. The predicted octanol–water partition coefficient (Wildman–Crippen LogP) is 8.23. The van der Waals surface area contributed by atoms with E-state index in [1.54, 1.807) is 35.6 Å². The van der Waals surface area contributed by atoms with Crippen molar-refractivity contribution in [2.24, 2.45) is 15.0 Å². The average molecular weight is 636 g/mol. The maximum Gasteiger partial charge on any atom is 0.208 e. The van der Waals surface area contributed by atoms with E-state index in [1.807, 2.05) is 54.6 Å². The molecule has 0 aliphatic heterocycles. The van der Waals surface area contributed by atoms with E-state index in [9.17, 15) is 25.5 Å². The fourth-order valence-corrected chi connectivity index (χ4v) is 6.82. The fraction of sp³-hybridized carbons (Fsp3) is 0.0294. The number of phenolic OH excluding ortho intramolecular Hbond substituents is 5. The zero-order valence-electron chi connectivity index (χ0n) is 23.2. The molecule has 2 heterocycles. The molecular formula is C34H22ClN3O6S. The molecule has 7 rings (SSSR count). The second-order valence-electron chi connectivity index (χ2n) is 10.2. The van der Waals surface area contributed by atoms with Crippen LogP contribution in [0.3, 0.4) is 0 Å². The number of nitrogens with zero attached hydrogens (tertiary/aromatic N) is 3. The van der Waals surface area contributed by atoms with Crippen LogP contribution in [-0.2, 0) is 6.54 Å². The SMILES string of the molecule is C=NC(=NC(=NCc1cccc2oc3ccc(Cl)cc3c12)c1c(O)c(O)c(O)c(O)c1O)c1cccc2c1sc1ccccc12. The minimum Gasteiger partial charge on any atom is -0.504 e. The summed E-state index contributed by atoms with van der Waals surface area (Å²) in [5.41, 5.74) is 2.02. The first-order valence-corrected chi connectivity index (χ1v) is 14.8. The third-order valence-corrected chi connectivity index (χ3v) is 9.00. The lowest BCUT2D eigenvalue weighted by atomic mass is 10.1. The van der Waals surface area contributed by atoms with Gasteiger partial charge in [0.25, 0.3) is 0 Å². The summed E-state index contributed by atoms with van der Waals surface area (Å²) in [6.45, 7) is 3.67. The van der Waals surface area contributed by atoms with Crippen molar-refractivity contribution in [2.75, 3.05) is 0 Å². The van der Waals surface area contributed by atoms with Crippen LogP contribution in [0.2, 0.25) is 5.02 Å². The molecule has 0 radical (unpaired) electrons. The second-order valence-corrected chi connectivity index (χ2v) is 11.7. The number of aromatic hydroxyl groups is 5. The number of amidine groups is 2. The molecular weight excluding hydrogens is 614 g/mol. The molecule has 0 saturated heterocycles. The summed E-state index contributed by atoms with van der Waals surface area (Å²) in [6.07, 6.45) is 0. The Balaban J connectivity index is 1.46. The van der Waals surface area contributed by atoms with Gasteiger partial charge in [-0.15, -0.1) is 11.3 Å². The van der Waals surface area contributed by atoms with Gasteiger partial charge in [0, 0.05) is 41.5 Å². The lowest BCUT2D eigenvalue weighted by Crippen LogP contribution is -2.07. The summed E-state index contributed by atoms with van der Waals surface area (Å²) in [7, 11) is 0. The Hall–Kier alpha value is -5.58. The summed E-state index contributed by atoms with van der Waals surface area (Å²) in [5.74, 6) is -5.27. The minimum atomic E-state index is -1.10. The third kappa shape index (κ3) is 4.59. The van der Waals surface area contributed by atoms with Gasteiger partial charge in [0.15, 0.2) is 23.2 Å².